The lowest BCUT2D eigenvalue weighted by molar-refractivity contribution is 0.248. The van der Waals surface area contributed by atoms with E-state index in [1.54, 1.807) is 0 Å². The lowest BCUT2D eigenvalue weighted by Crippen LogP contribution is -2.22. The molecule has 0 aliphatic heterocycles. The first kappa shape index (κ1) is 16.9. The van der Waals surface area contributed by atoms with Gasteiger partial charge in [0.2, 0.25) is 0 Å². The third-order valence-electron chi connectivity index (χ3n) is 5.89. The first-order valence-electron chi connectivity index (χ1n) is 9.80. The van der Waals surface area contributed by atoms with Crippen molar-refractivity contribution in [1.29, 1.82) is 0 Å². The first-order chi connectivity index (χ1) is 10.3. The molecule has 2 aliphatic rings. The number of unbranched alkanes of at least 4 members (excludes halogenated alkanes) is 1. The van der Waals surface area contributed by atoms with Crippen molar-refractivity contribution in [1.82, 2.24) is 0 Å². The minimum atomic E-state index is 0.409. The average molecular weight is 289 g/mol. The van der Waals surface area contributed by atoms with Gasteiger partial charge in [-0.25, -0.2) is 0 Å². The van der Waals surface area contributed by atoms with Crippen LogP contribution >= 0.6 is 0 Å². The molecule has 0 unspecified atom stereocenters. The zero-order chi connectivity index (χ0) is 15.0. The second kappa shape index (κ2) is 8.87. The average Bonchev–Trinajstić information content (AvgIpc) is 2.53. The standard InChI is InChI=1S/C21H36/c1-3-5-9-19-10-12-20(13-11-19)14-18-21(15-4-2)16-7-6-8-17-21/h19-20H,3-13,15-17H2,1-2H3/t19-,20-. The predicted octanol–water partition coefficient (Wildman–Crippen LogP) is 6.74. The Hall–Kier alpha value is -0.440. The molecular weight excluding hydrogens is 252 g/mol. The van der Waals surface area contributed by atoms with E-state index in [-0.39, 0.29) is 0 Å². The second-order valence-corrected chi connectivity index (χ2v) is 7.72. The Labute approximate surface area is 133 Å². The van der Waals surface area contributed by atoms with E-state index in [1.807, 2.05) is 0 Å². The van der Waals surface area contributed by atoms with E-state index in [9.17, 15) is 0 Å². The summed E-state index contributed by atoms with van der Waals surface area (Å²) in [6.07, 6.45) is 19.6. The Morgan fingerprint density at radius 1 is 0.905 bits per heavy atom. The van der Waals surface area contributed by atoms with Crippen molar-refractivity contribution in [3.63, 3.8) is 0 Å². The molecule has 0 heteroatoms. The van der Waals surface area contributed by atoms with Gasteiger partial charge in [0.25, 0.3) is 0 Å². The minimum absolute atomic E-state index is 0.409. The predicted molar refractivity (Wildman–Crippen MR) is 93.2 cm³/mol. The number of rotatable bonds is 5. The fraction of sp³-hybridized carbons (Fsp3) is 0.905. The molecule has 0 spiro atoms. The van der Waals surface area contributed by atoms with Crippen LogP contribution in [0.4, 0.5) is 0 Å². The molecule has 0 N–H and O–H groups in total. The summed E-state index contributed by atoms with van der Waals surface area (Å²) in [7, 11) is 0. The monoisotopic (exact) mass is 288 g/mol. The highest BCUT2D eigenvalue weighted by Gasteiger charge is 2.29. The van der Waals surface area contributed by atoms with Crippen molar-refractivity contribution in [2.24, 2.45) is 17.3 Å². The largest absolute Gasteiger partial charge is 0.0993 e. The molecule has 2 aliphatic carbocycles. The molecule has 0 atom stereocenters. The van der Waals surface area contributed by atoms with E-state index in [0.717, 1.165) is 11.8 Å². The van der Waals surface area contributed by atoms with Gasteiger partial charge in [-0.15, -0.1) is 0 Å². The molecule has 2 saturated carbocycles. The van der Waals surface area contributed by atoms with Crippen LogP contribution in [0, 0.1) is 29.1 Å². The van der Waals surface area contributed by atoms with Crippen molar-refractivity contribution in [2.75, 3.05) is 0 Å². The van der Waals surface area contributed by atoms with Crippen molar-refractivity contribution in [3.8, 4) is 11.8 Å². The van der Waals surface area contributed by atoms with E-state index in [1.165, 1.54) is 89.9 Å². The third-order valence-corrected chi connectivity index (χ3v) is 5.89. The molecule has 0 bridgehead atoms. The van der Waals surface area contributed by atoms with Gasteiger partial charge < -0.3 is 0 Å². The van der Waals surface area contributed by atoms with E-state index >= 15 is 0 Å². The van der Waals surface area contributed by atoms with E-state index in [0.29, 0.717) is 5.41 Å². The van der Waals surface area contributed by atoms with Crippen molar-refractivity contribution >= 4 is 0 Å². The summed E-state index contributed by atoms with van der Waals surface area (Å²) in [5.74, 6) is 9.29. The summed E-state index contributed by atoms with van der Waals surface area (Å²) in [5, 5.41) is 0. The van der Waals surface area contributed by atoms with Crippen LogP contribution < -0.4 is 0 Å². The van der Waals surface area contributed by atoms with Gasteiger partial charge in [-0.05, 0) is 50.9 Å². The summed E-state index contributed by atoms with van der Waals surface area (Å²) >= 11 is 0. The molecule has 0 aromatic rings. The summed E-state index contributed by atoms with van der Waals surface area (Å²) in [4.78, 5) is 0. The Morgan fingerprint density at radius 3 is 2.24 bits per heavy atom. The first-order valence-corrected chi connectivity index (χ1v) is 9.80. The number of hydrogen-bond acceptors (Lipinski definition) is 0. The molecule has 0 heterocycles. The van der Waals surface area contributed by atoms with Crippen LogP contribution in [0.25, 0.3) is 0 Å². The number of hydrogen-bond donors (Lipinski definition) is 0. The van der Waals surface area contributed by atoms with Crippen LogP contribution in [-0.4, -0.2) is 0 Å². The fourth-order valence-corrected chi connectivity index (χ4v) is 4.49. The van der Waals surface area contributed by atoms with Crippen molar-refractivity contribution in [2.45, 2.75) is 104 Å². The fourth-order valence-electron chi connectivity index (χ4n) is 4.49. The maximum absolute atomic E-state index is 3.81. The van der Waals surface area contributed by atoms with Crippen LogP contribution in [0.5, 0.6) is 0 Å². The Balaban J connectivity index is 1.84. The van der Waals surface area contributed by atoms with Gasteiger partial charge in [0.1, 0.15) is 0 Å². The highest BCUT2D eigenvalue weighted by atomic mass is 14.3. The third kappa shape index (κ3) is 5.36. The van der Waals surface area contributed by atoms with Gasteiger partial charge in [0, 0.05) is 11.3 Å². The van der Waals surface area contributed by atoms with Crippen molar-refractivity contribution < 1.29 is 0 Å². The highest BCUT2D eigenvalue weighted by molar-refractivity contribution is 5.15. The molecule has 0 amide bonds. The molecule has 0 saturated heterocycles. The molecule has 21 heavy (non-hydrogen) atoms. The Bertz CT molecular complexity index is 323. The van der Waals surface area contributed by atoms with E-state index in [2.05, 4.69) is 25.7 Å². The lowest BCUT2D eigenvalue weighted by atomic mass is 9.71. The van der Waals surface area contributed by atoms with Crippen LogP contribution in [0.1, 0.15) is 104 Å². The topological polar surface area (TPSA) is 0 Å². The molecule has 2 fully saturated rings. The summed E-state index contributed by atoms with van der Waals surface area (Å²) < 4.78 is 0. The smallest absolute Gasteiger partial charge is 0.0314 e. The molecule has 2 rings (SSSR count). The molecule has 0 radical (unpaired) electrons. The van der Waals surface area contributed by atoms with Crippen LogP contribution in [0.2, 0.25) is 0 Å². The SMILES string of the molecule is CCCC[C@H]1CC[C@H](C#CC2(CCC)CCCCC2)CC1. The zero-order valence-corrected chi connectivity index (χ0v) is 14.6. The quantitative estimate of drug-likeness (QED) is 0.491. The maximum Gasteiger partial charge on any atom is 0.0314 e. The Kier molecular flexibility index (Phi) is 7.15. The van der Waals surface area contributed by atoms with E-state index in [4.69, 9.17) is 0 Å². The van der Waals surface area contributed by atoms with Gasteiger partial charge in [0.15, 0.2) is 0 Å². The molecule has 0 nitrogen and oxygen atoms in total. The lowest BCUT2D eigenvalue weighted by Gasteiger charge is -2.33. The second-order valence-electron chi connectivity index (χ2n) is 7.72. The van der Waals surface area contributed by atoms with Gasteiger partial charge >= 0.3 is 0 Å². The van der Waals surface area contributed by atoms with Crippen LogP contribution in [0.15, 0.2) is 0 Å². The van der Waals surface area contributed by atoms with Gasteiger partial charge in [0.05, 0.1) is 0 Å². The van der Waals surface area contributed by atoms with Gasteiger partial charge in [-0.2, -0.15) is 0 Å². The zero-order valence-electron chi connectivity index (χ0n) is 14.6. The summed E-state index contributed by atoms with van der Waals surface area (Å²) in [6, 6.07) is 0. The van der Waals surface area contributed by atoms with Crippen LogP contribution in [0.3, 0.4) is 0 Å². The van der Waals surface area contributed by atoms with Gasteiger partial charge in [-0.1, -0.05) is 70.6 Å². The molecular formula is C21H36. The van der Waals surface area contributed by atoms with E-state index < -0.39 is 0 Å². The van der Waals surface area contributed by atoms with Crippen molar-refractivity contribution in [3.05, 3.63) is 0 Å². The van der Waals surface area contributed by atoms with Crippen LogP contribution in [-0.2, 0) is 0 Å². The normalized spacial score (nSPS) is 28.7. The molecule has 0 aromatic heterocycles. The molecule has 0 aromatic carbocycles. The molecule has 120 valence electrons. The summed E-state index contributed by atoms with van der Waals surface area (Å²) in [6.45, 7) is 4.64. The maximum atomic E-state index is 3.81. The van der Waals surface area contributed by atoms with Gasteiger partial charge in [-0.3, -0.25) is 0 Å². The summed E-state index contributed by atoms with van der Waals surface area (Å²) in [5.41, 5.74) is 0.409. The Morgan fingerprint density at radius 2 is 1.62 bits per heavy atom. The minimum Gasteiger partial charge on any atom is -0.0993 e. The highest BCUT2D eigenvalue weighted by Crippen LogP contribution is 2.40.